The Morgan fingerprint density at radius 2 is 2.09 bits per heavy atom. The van der Waals surface area contributed by atoms with Crippen molar-refractivity contribution in [1.29, 1.82) is 0 Å². The number of piperidine rings is 1. The highest BCUT2D eigenvalue weighted by Crippen LogP contribution is 2.29. The van der Waals surface area contributed by atoms with Gasteiger partial charge in [-0.15, -0.1) is 0 Å². The molecule has 6 heteroatoms. The Labute approximate surface area is 142 Å². The van der Waals surface area contributed by atoms with Crippen LogP contribution in [0.4, 0.5) is 4.79 Å². The molecule has 1 aromatic carbocycles. The second-order valence-corrected chi connectivity index (χ2v) is 6.61. The van der Waals surface area contributed by atoms with E-state index in [1.807, 2.05) is 23.1 Å². The zero-order valence-electron chi connectivity index (χ0n) is 13.6. The van der Waals surface area contributed by atoms with Crippen LogP contribution in [0.5, 0.6) is 5.75 Å². The Bertz CT molecular complexity index is 559. The topological polar surface area (TPSA) is 44.8 Å². The fraction of sp³-hybridized carbons (Fsp3) is 0.588. The third kappa shape index (κ3) is 3.72. The fourth-order valence-electron chi connectivity index (χ4n) is 3.49. The number of hydrogen-bond donors (Lipinski definition) is 1. The van der Waals surface area contributed by atoms with Gasteiger partial charge in [-0.3, -0.25) is 4.90 Å². The number of nitrogens with zero attached hydrogens (tertiary/aromatic N) is 2. The highest BCUT2D eigenvalue weighted by atomic mass is 35.5. The van der Waals surface area contributed by atoms with Crippen molar-refractivity contribution in [2.45, 2.75) is 31.8 Å². The molecule has 0 atom stereocenters. The van der Waals surface area contributed by atoms with E-state index in [0.29, 0.717) is 6.04 Å². The molecule has 2 aliphatic rings. The standard InChI is InChI=1S/C17H24ClN3O2/c1-23-16-5-2-4-15(18)14(16)12-20-10-6-13(7-11-20)21-9-3-8-19-17(21)22/h2,4-5,13H,3,6-12H2,1H3,(H,19,22). The maximum atomic E-state index is 12.0. The number of carbonyl (C=O) groups is 1. The lowest BCUT2D eigenvalue weighted by atomic mass is 10.0. The van der Waals surface area contributed by atoms with E-state index in [-0.39, 0.29) is 6.03 Å². The molecule has 0 aromatic heterocycles. The minimum atomic E-state index is 0.0995. The summed E-state index contributed by atoms with van der Waals surface area (Å²) in [6.45, 7) is 4.43. The molecule has 2 amide bonds. The Balaban J connectivity index is 1.58. The van der Waals surface area contributed by atoms with Gasteiger partial charge in [0.1, 0.15) is 5.75 Å². The molecule has 2 heterocycles. The van der Waals surface area contributed by atoms with E-state index in [9.17, 15) is 4.79 Å². The lowest BCUT2D eigenvalue weighted by Crippen LogP contribution is -2.54. The number of halogens is 1. The van der Waals surface area contributed by atoms with Gasteiger partial charge >= 0.3 is 6.03 Å². The molecule has 2 aliphatic heterocycles. The molecular formula is C17H24ClN3O2. The third-order valence-electron chi connectivity index (χ3n) is 4.79. The smallest absolute Gasteiger partial charge is 0.317 e. The molecule has 0 bridgehead atoms. The van der Waals surface area contributed by atoms with Gasteiger partial charge in [0.15, 0.2) is 0 Å². The third-order valence-corrected chi connectivity index (χ3v) is 5.14. The molecule has 5 nitrogen and oxygen atoms in total. The summed E-state index contributed by atoms with van der Waals surface area (Å²) in [6.07, 6.45) is 3.07. The number of ether oxygens (including phenoxy) is 1. The summed E-state index contributed by atoms with van der Waals surface area (Å²) >= 11 is 6.33. The van der Waals surface area contributed by atoms with Crippen LogP contribution >= 0.6 is 11.6 Å². The summed E-state index contributed by atoms with van der Waals surface area (Å²) in [6, 6.07) is 6.23. The maximum absolute atomic E-state index is 12.0. The minimum Gasteiger partial charge on any atom is -0.496 e. The average Bonchev–Trinajstić information content (AvgIpc) is 2.58. The Morgan fingerprint density at radius 3 is 2.78 bits per heavy atom. The number of hydrogen-bond acceptors (Lipinski definition) is 3. The van der Waals surface area contributed by atoms with Gasteiger partial charge < -0.3 is 15.0 Å². The van der Waals surface area contributed by atoms with E-state index in [4.69, 9.17) is 16.3 Å². The summed E-state index contributed by atoms with van der Waals surface area (Å²) in [5, 5.41) is 3.69. The van der Waals surface area contributed by atoms with Crippen molar-refractivity contribution in [2.75, 3.05) is 33.3 Å². The van der Waals surface area contributed by atoms with Gasteiger partial charge in [0.2, 0.25) is 0 Å². The molecule has 2 saturated heterocycles. The van der Waals surface area contributed by atoms with Crippen molar-refractivity contribution >= 4 is 17.6 Å². The normalized spacial score (nSPS) is 20.4. The van der Waals surface area contributed by atoms with Crippen LogP contribution in [0, 0.1) is 0 Å². The van der Waals surface area contributed by atoms with Crippen LogP contribution in [0.3, 0.4) is 0 Å². The monoisotopic (exact) mass is 337 g/mol. The summed E-state index contributed by atoms with van der Waals surface area (Å²) in [5.74, 6) is 0.843. The Morgan fingerprint density at radius 1 is 1.30 bits per heavy atom. The highest BCUT2D eigenvalue weighted by molar-refractivity contribution is 6.31. The first-order valence-electron chi connectivity index (χ1n) is 8.27. The summed E-state index contributed by atoms with van der Waals surface area (Å²) < 4.78 is 5.43. The number of rotatable bonds is 4. The first-order valence-corrected chi connectivity index (χ1v) is 8.65. The zero-order chi connectivity index (χ0) is 16.2. The number of methoxy groups -OCH3 is 1. The van der Waals surface area contributed by atoms with E-state index in [1.165, 1.54) is 0 Å². The van der Waals surface area contributed by atoms with Crippen LogP contribution in [-0.2, 0) is 6.54 Å². The molecule has 3 rings (SSSR count). The van der Waals surface area contributed by atoms with Crippen LogP contribution in [0.1, 0.15) is 24.8 Å². The molecule has 0 unspecified atom stereocenters. The van der Waals surface area contributed by atoms with Gasteiger partial charge in [-0.1, -0.05) is 17.7 Å². The maximum Gasteiger partial charge on any atom is 0.317 e. The quantitative estimate of drug-likeness (QED) is 0.918. The van der Waals surface area contributed by atoms with Crippen LogP contribution in [0.25, 0.3) is 0 Å². The lowest BCUT2D eigenvalue weighted by molar-refractivity contribution is 0.108. The average molecular weight is 338 g/mol. The van der Waals surface area contributed by atoms with Gasteiger partial charge in [0.05, 0.1) is 7.11 Å². The molecular weight excluding hydrogens is 314 g/mol. The minimum absolute atomic E-state index is 0.0995. The molecule has 1 aromatic rings. The SMILES string of the molecule is COc1cccc(Cl)c1CN1CCC(N2CCCNC2=O)CC1. The van der Waals surface area contributed by atoms with Crippen LogP contribution in [0.2, 0.25) is 5.02 Å². The van der Waals surface area contributed by atoms with Crippen molar-refractivity contribution in [3.8, 4) is 5.75 Å². The van der Waals surface area contributed by atoms with Gasteiger partial charge in [-0.25, -0.2) is 4.79 Å². The second kappa shape index (κ2) is 7.41. The van der Waals surface area contributed by atoms with Crippen molar-refractivity contribution in [2.24, 2.45) is 0 Å². The first-order chi connectivity index (χ1) is 11.2. The zero-order valence-corrected chi connectivity index (χ0v) is 14.3. The summed E-state index contributed by atoms with van der Waals surface area (Å²) in [4.78, 5) is 16.4. The van der Waals surface area contributed by atoms with Gasteiger partial charge in [0, 0.05) is 49.4 Å². The summed E-state index contributed by atoms with van der Waals surface area (Å²) in [5.41, 5.74) is 1.05. The Hall–Kier alpha value is -1.46. The van der Waals surface area contributed by atoms with Crippen molar-refractivity contribution in [3.63, 3.8) is 0 Å². The van der Waals surface area contributed by atoms with Gasteiger partial charge in [-0.05, 0) is 31.4 Å². The molecule has 0 radical (unpaired) electrons. The van der Waals surface area contributed by atoms with Crippen molar-refractivity contribution in [3.05, 3.63) is 28.8 Å². The first kappa shape index (κ1) is 16.4. The molecule has 126 valence electrons. The van der Waals surface area contributed by atoms with E-state index in [1.54, 1.807) is 7.11 Å². The number of carbonyl (C=O) groups excluding carboxylic acids is 1. The molecule has 0 saturated carbocycles. The Kier molecular flexibility index (Phi) is 5.28. The number of nitrogens with one attached hydrogen (secondary N) is 1. The molecule has 0 spiro atoms. The largest absolute Gasteiger partial charge is 0.496 e. The predicted molar refractivity (Wildman–Crippen MR) is 91.0 cm³/mol. The lowest BCUT2D eigenvalue weighted by Gasteiger charge is -2.40. The number of likely N-dealkylation sites (tertiary alicyclic amines) is 1. The van der Waals surface area contributed by atoms with Gasteiger partial charge in [0.25, 0.3) is 0 Å². The fourth-order valence-corrected chi connectivity index (χ4v) is 3.72. The predicted octanol–water partition coefficient (Wildman–Crippen LogP) is 2.73. The van der Waals surface area contributed by atoms with Crippen LogP contribution in [0.15, 0.2) is 18.2 Å². The van der Waals surface area contributed by atoms with Crippen LogP contribution in [-0.4, -0.2) is 55.2 Å². The number of benzene rings is 1. The molecule has 2 fully saturated rings. The van der Waals surface area contributed by atoms with Crippen molar-refractivity contribution in [1.82, 2.24) is 15.1 Å². The van der Waals surface area contributed by atoms with Crippen molar-refractivity contribution < 1.29 is 9.53 Å². The highest BCUT2D eigenvalue weighted by Gasteiger charge is 2.29. The van der Waals surface area contributed by atoms with E-state index in [0.717, 1.165) is 68.3 Å². The van der Waals surface area contributed by atoms with Crippen LogP contribution < -0.4 is 10.1 Å². The summed E-state index contributed by atoms with van der Waals surface area (Å²) in [7, 11) is 1.68. The number of urea groups is 1. The van der Waals surface area contributed by atoms with E-state index < -0.39 is 0 Å². The molecule has 1 N–H and O–H groups in total. The number of amides is 2. The van der Waals surface area contributed by atoms with Gasteiger partial charge in [-0.2, -0.15) is 0 Å². The molecule has 23 heavy (non-hydrogen) atoms. The van der Waals surface area contributed by atoms with E-state index in [2.05, 4.69) is 10.2 Å². The second-order valence-electron chi connectivity index (χ2n) is 6.21. The van der Waals surface area contributed by atoms with E-state index >= 15 is 0 Å². The molecule has 0 aliphatic carbocycles.